The van der Waals surface area contributed by atoms with Gasteiger partial charge in [-0.1, -0.05) is 20.8 Å². The lowest BCUT2D eigenvalue weighted by atomic mass is 9.92. The third-order valence-electron chi connectivity index (χ3n) is 3.92. The van der Waals surface area contributed by atoms with E-state index in [0.29, 0.717) is 19.6 Å². The molecular formula is C13H29N3O2S. The van der Waals surface area contributed by atoms with Crippen LogP contribution in [0.3, 0.4) is 0 Å². The van der Waals surface area contributed by atoms with Crippen molar-refractivity contribution >= 4 is 10.2 Å². The Kier molecular flexibility index (Phi) is 6.73. The molecule has 1 fully saturated rings. The van der Waals surface area contributed by atoms with Crippen LogP contribution in [0.4, 0.5) is 0 Å². The highest BCUT2D eigenvalue weighted by Crippen LogP contribution is 2.25. The number of nitrogens with zero attached hydrogens (tertiary/aromatic N) is 2. The van der Waals surface area contributed by atoms with E-state index in [2.05, 4.69) is 0 Å². The quantitative estimate of drug-likeness (QED) is 0.774. The summed E-state index contributed by atoms with van der Waals surface area (Å²) < 4.78 is 28.6. The minimum absolute atomic E-state index is 0.130. The number of hydrogen-bond donors (Lipinski definition) is 1. The molecule has 0 heterocycles. The van der Waals surface area contributed by atoms with E-state index in [1.165, 1.54) is 0 Å². The van der Waals surface area contributed by atoms with Gasteiger partial charge in [-0.25, -0.2) is 0 Å². The van der Waals surface area contributed by atoms with Gasteiger partial charge in [0.2, 0.25) is 0 Å². The summed E-state index contributed by atoms with van der Waals surface area (Å²) >= 11 is 0. The average molecular weight is 291 g/mol. The van der Waals surface area contributed by atoms with E-state index in [9.17, 15) is 8.42 Å². The van der Waals surface area contributed by atoms with Gasteiger partial charge in [0.1, 0.15) is 0 Å². The topological polar surface area (TPSA) is 66.6 Å². The predicted molar refractivity (Wildman–Crippen MR) is 79.1 cm³/mol. The Labute approximate surface area is 118 Å². The van der Waals surface area contributed by atoms with Crippen molar-refractivity contribution in [2.24, 2.45) is 5.73 Å². The molecule has 0 spiro atoms. The minimum Gasteiger partial charge on any atom is -0.328 e. The molecule has 0 atom stereocenters. The molecule has 2 N–H and O–H groups in total. The summed E-state index contributed by atoms with van der Waals surface area (Å²) in [5, 5.41) is 0. The fraction of sp³-hybridized carbons (Fsp3) is 1.00. The van der Waals surface area contributed by atoms with Gasteiger partial charge in [-0.3, -0.25) is 0 Å². The van der Waals surface area contributed by atoms with Gasteiger partial charge in [0, 0.05) is 31.7 Å². The van der Waals surface area contributed by atoms with Crippen LogP contribution in [-0.4, -0.2) is 48.7 Å². The highest BCUT2D eigenvalue weighted by molar-refractivity contribution is 7.86. The van der Waals surface area contributed by atoms with Gasteiger partial charge in [-0.2, -0.15) is 17.0 Å². The molecule has 0 aromatic heterocycles. The van der Waals surface area contributed by atoms with Crippen molar-refractivity contribution in [1.82, 2.24) is 8.61 Å². The van der Waals surface area contributed by atoms with E-state index >= 15 is 0 Å². The highest BCUT2D eigenvalue weighted by Gasteiger charge is 2.34. The Bertz CT molecular complexity index is 347. The molecule has 1 aliphatic rings. The lowest BCUT2D eigenvalue weighted by molar-refractivity contribution is 0.225. The van der Waals surface area contributed by atoms with Crippen LogP contribution in [0.5, 0.6) is 0 Å². The first-order valence-corrected chi connectivity index (χ1v) is 8.89. The molecule has 6 heteroatoms. The molecule has 1 rings (SSSR count). The van der Waals surface area contributed by atoms with Crippen LogP contribution in [-0.2, 0) is 10.2 Å². The number of hydrogen-bond acceptors (Lipinski definition) is 3. The summed E-state index contributed by atoms with van der Waals surface area (Å²) in [6, 6.07) is 0.376. The second-order valence-corrected chi connectivity index (χ2v) is 7.15. The lowest BCUT2D eigenvalue weighted by Gasteiger charge is -2.37. The predicted octanol–water partition coefficient (Wildman–Crippen LogP) is 1.55. The van der Waals surface area contributed by atoms with Crippen molar-refractivity contribution in [2.45, 2.75) is 65.0 Å². The number of rotatable bonds is 7. The Morgan fingerprint density at radius 3 is 2.00 bits per heavy atom. The van der Waals surface area contributed by atoms with E-state index < -0.39 is 10.2 Å². The molecule has 0 amide bonds. The average Bonchev–Trinajstić information content (AvgIpc) is 2.38. The van der Waals surface area contributed by atoms with Crippen LogP contribution in [0.1, 0.15) is 52.9 Å². The molecule has 0 radical (unpaired) electrons. The van der Waals surface area contributed by atoms with Crippen molar-refractivity contribution in [3.05, 3.63) is 0 Å². The van der Waals surface area contributed by atoms with E-state index in [4.69, 9.17) is 5.73 Å². The summed E-state index contributed by atoms with van der Waals surface area (Å²) in [5.74, 6) is 0. The summed E-state index contributed by atoms with van der Waals surface area (Å²) in [7, 11) is -3.32. The van der Waals surface area contributed by atoms with Crippen molar-refractivity contribution in [3.63, 3.8) is 0 Å². The van der Waals surface area contributed by atoms with Crippen molar-refractivity contribution in [3.8, 4) is 0 Å². The molecule has 19 heavy (non-hydrogen) atoms. The molecule has 0 aromatic carbocycles. The summed E-state index contributed by atoms with van der Waals surface area (Å²) in [6.07, 6.45) is 4.49. The molecule has 0 unspecified atom stereocenters. The Hall–Kier alpha value is -0.170. The van der Waals surface area contributed by atoms with Crippen LogP contribution >= 0.6 is 0 Å². The van der Waals surface area contributed by atoms with Crippen LogP contribution in [0, 0.1) is 0 Å². The van der Waals surface area contributed by atoms with Gasteiger partial charge in [0.05, 0.1) is 0 Å². The van der Waals surface area contributed by atoms with Gasteiger partial charge in [-0.15, -0.1) is 0 Å². The normalized spacial score (nSPS) is 25.2. The monoisotopic (exact) mass is 291 g/mol. The van der Waals surface area contributed by atoms with E-state index in [-0.39, 0.29) is 12.1 Å². The first-order chi connectivity index (χ1) is 8.97. The fourth-order valence-corrected chi connectivity index (χ4v) is 4.74. The van der Waals surface area contributed by atoms with Gasteiger partial charge in [0.15, 0.2) is 0 Å². The first-order valence-electron chi connectivity index (χ1n) is 7.49. The van der Waals surface area contributed by atoms with Crippen LogP contribution in [0.2, 0.25) is 0 Å². The van der Waals surface area contributed by atoms with Gasteiger partial charge in [0.25, 0.3) is 10.2 Å². The van der Waals surface area contributed by atoms with Gasteiger partial charge in [-0.05, 0) is 32.1 Å². The summed E-state index contributed by atoms with van der Waals surface area (Å²) in [5.41, 5.74) is 5.91. The molecule has 0 saturated heterocycles. The standard InChI is InChI=1S/C13H29N3O2S/c1-4-11-16(13-9-7-12(14)8-10-13)19(17,18)15(5-2)6-3/h12-13H,4-11,14H2,1-3H3. The van der Waals surface area contributed by atoms with Crippen LogP contribution in [0.15, 0.2) is 0 Å². The fourth-order valence-electron chi connectivity index (χ4n) is 2.79. The Morgan fingerprint density at radius 2 is 1.58 bits per heavy atom. The zero-order valence-corrected chi connectivity index (χ0v) is 13.3. The zero-order valence-electron chi connectivity index (χ0n) is 12.5. The first kappa shape index (κ1) is 16.9. The lowest BCUT2D eigenvalue weighted by Crippen LogP contribution is -2.50. The van der Waals surface area contributed by atoms with Crippen molar-refractivity contribution in [2.75, 3.05) is 19.6 Å². The Balaban J connectivity index is 2.87. The maximum absolute atomic E-state index is 12.7. The van der Waals surface area contributed by atoms with Crippen molar-refractivity contribution in [1.29, 1.82) is 0 Å². The third kappa shape index (κ3) is 4.15. The van der Waals surface area contributed by atoms with Crippen LogP contribution < -0.4 is 5.73 Å². The largest absolute Gasteiger partial charge is 0.328 e. The maximum atomic E-state index is 12.7. The smallest absolute Gasteiger partial charge is 0.282 e. The molecular weight excluding hydrogens is 262 g/mol. The van der Waals surface area contributed by atoms with Gasteiger partial charge >= 0.3 is 0 Å². The summed E-state index contributed by atoms with van der Waals surface area (Å²) in [4.78, 5) is 0. The molecule has 5 nitrogen and oxygen atoms in total. The second-order valence-electron chi connectivity index (χ2n) is 5.27. The zero-order chi connectivity index (χ0) is 14.5. The van der Waals surface area contributed by atoms with Gasteiger partial charge < -0.3 is 5.73 Å². The van der Waals surface area contributed by atoms with Crippen LogP contribution in [0.25, 0.3) is 0 Å². The molecule has 0 aromatic rings. The molecule has 0 bridgehead atoms. The molecule has 114 valence electrons. The second kappa shape index (κ2) is 7.57. The minimum atomic E-state index is -3.32. The SMILES string of the molecule is CCCN(C1CCC(N)CC1)S(=O)(=O)N(CC)CC. The molecule has 0 aliphatic heterocycles. The maximum Gasteiger partial charge on any atom is 0.282 e. The Morgan fingerprint density at radius 1 is 1.05 bits per heavy atom. The van der Waals surface area contributed by atoms with Crippen molar-refractivity contribution < 1.29 is 8.42 Å². The van der Waals surface area contributed by atoms with E-state index in [1.54, 1.807) is 8.61 Å². The van der Waals surface area contributed by atoms with E-state index in [1.807, 2.05) is 20.8 Å². The molecule has 1 saturated carbocycles. The van der Waals surface area contributed by atoms with E-state index in [0.717, 1.165) is 32.1 Å². The third-order valence-corrected chi connectivity index (χ3v) is 6.16. The summed E-state index contributed by atoms with van der Waals surface area (Å²) in [6.45, 7) is 7.48. The number of nitrogens with two attached hydrogens (primary N) is 1. The highest BCUT2D eigenvalue weighted by atomic mass is 32.2. The molecule has 1 aliphatic carbocycles.